The molecule has 3 N–H and O–H groups in total. The zero-order chi connectivity index (χ0) is 9.23. The molecule has 0 saturated carbocycles. The molecule has 0 rings (SSSR count). The SMILES string of the molecule is COCCCC(CCOC)NN. The fraction of sp³-hybridized carbons (Fsp3) is 1.00. The molecule has 0 aliphatic heterocycles. The maximum absolute atomic E-state index is 5.35. The van der Waals surface area contributed by atoms with Crippen LogP contribution in [0.3, 0.4) is 0 Å². The molecule has 0 amide bonds. The predicted molar refractivity (Wildman–Crippen MR) is 48.7 cm³/mol. The molecule has 0 aromatic rings. The van der Waals surface area contributed by atoms with Gasteiger partial charge in [-0.15, -0.1) is 0 Å². The summed E-state index contributed by atoms with van der Waals surface area (Å²) in [6.45, 7) is 1.55. The Labute approximate surface area is 74.4 Å². The highest BCUT2D eigenvalue weighted by molar-refractivity contribution is 4.62. The van der Waals surface area contributed by atoms with Gasteiger partial charge in [-0.2, -0.15) is 0 Å². The van der Waals surface area contributed by atoms with Gasteiger partial charge in [-0.3, -0.25) is 11.3 Å². The zero-order valence-electron chi connectivity index (χ0n) is 8.01. The van der Waals surface area contributed by atoms with Crippen molar-refractivity contribution in [3.05, 3.63) is 0 Å². The first-order chi connectivity index (χ1) is 5.85. The number of nitrogens with one attached hydrogen (secondary N) is 1. The summed E-state index contributed by atoms with van der Waals surface area (Å²) in [7, 11) is 3.41. The average molecular weight is 176 g/mol. The molecular weight excluding hydrogens is 156 g/mol. The van der Waals surface area contributed by atoms with Crippen molar-refractivity contribution in [3.63, 3.8) is 0 Å². The third-order valence-corrected chi connectivity index (χ3v) is 1.81. The molecule has 0 radical (unpaired) electrons. The normalized spacial score (nSPS) is 13.2. The van der Waals surface area contributed by atoms with E-state index >= 15 is 0 Å². The number of hydrogen-bond donors (Lipinski definition) is 2. The van der Waals surface area contributed by atoms with Crippen LogP contribution in [0.2, 0.25) is 0 Å². The van der Waals surface area contributed by atoms with Gasteiger partial charge in [0.25, 0.3) is 0 Å². The molecule has 0 fully saturated rings. The Hall–Kier alpha value is -0.160. The van der Waals surface area contributed by atoms with Gasteiger partial charge in [0.1, 0.15) is 0 Å². The lowest BCUT2D eigenvalue weighted by Crippen LogP contribution is -2.36. The van der Waals surface area contributed by atoms with Crippen LogP contribution in [0.4, 0.5) is 0 Å². The molecule has 0 aliphatic carbocycles. The Bertz CT molecular complexity index is 91.1. The molecule has 4 heteroatoms. The summed E-state index contributed by atoms with van der Waals surface area (Å²) >= 11 is 0. The van der Waals surface area contributed by atoms with Crippen molar-refractivity contribution in [1.82, 2.24) is 5.43 Å². The van der Waals surface area contributed by atoms with Gasteiger partial charge >= 0.3 is 0 Å². The molecule has 1 atom stereocenters. The van der Waals surface area contributed by atoms with Crippen LogP contribution in [-0.4, -0.2) is 33.5 Å². The minimum absolute atomic E-state index is 0.347. The number of ether oxygens (including phenoxy) is 2. The Kier molecular flexibility index (Phi) is 8.81. The lowest BCUT2D eigenvalue weighted by atomic mass is 10.1. The van der Waals surface area contributed by atoms with E-state index in [9.17, 15) is 0 Å². The smallest absolute Gasteiger partial charge is 0.0477 e. The van der Waals surface area contributed by atoms with Crippen molar-refractivity contribution in [2.45, 2.75) is 25.3 Å². The zero-order valence-corrected chi connectivity index (χ0v) is 8.01. The van der Waals surface area contributed by atoms with E-state index in [1.54, 1.807) is 14.2 Å². The van der Waals surface area contributed by atoms with Crippen molar-refractivity contribution in [2.24, 2.45) is 5.84 Å². The van der Waals surface area contributed by atoms with Crippen LogP contribution in [0.25, 0.3) is 0 Å². The first kappa shape index (κ1) is 11.8. The van der Waals surface area contributed by atoms with Crippen LogP contribution in [0.5, 0.6) is 0 Å². The monoisotopic (exact) mass is 176 g/mol. The second-order valence-electron chi connectivity index (χ2n) is 2.78. The molecule has 12 heavy (non-hydrogen) atoms. The highest BCUT2D eigenvalue weighted by Gasteiger charge is 2.04. The van der Waals surface area contributed by atoms with Crippen LogP contribution in [0.15, 0.2) is 0 Å². The Morgan fingerprint density at radius 1 is 1.17 bits per heavy atom. The molecule has 74 valence electrons. The lowest BCUT2D eigenvalue weighted by Gasteiger charge is -2.14. The molecule has 0 aromatic heterocycles. The van der Waals surface area contributed by atoms with Gasteiger partial charge in [0.05, 0.1) is 0 Å². The van der Waals surface area contributed by atoms with Crippen LogP contribution >= 0.6 is 0 Å². The number of methoxy groups -OCH3 is 2. The molecule has 0 bridgehead atoms. The second kappa shape index (κ2) is 8.93. The summed E-state index contributed by atoms with van der Waals surface area (Å²) in [4.78, 5) is 0. The van der Waals surface area contributed by atoms with Gasteiger partial charge in [0.2, 0.25) is 0 Å². The topological polar surface area (TPSA) is 56.5 Å². The van der Waals surface area contributed by atoms with Gasteiger partial charge in [0.15, 0.2) is 0 Å². The lowest BCUT2D eigenvalue weighted by molar-refractivity contribution is 0.168. The van der Waals surface area contributed by atoms with Gasteiger partial charge < -0.3 is 9.47 Å². The number of nitrogens with two attached hydrogens (primary N) is 1. The third kappa shape index (κ3) is 6.54. The standard InChI is InChI=1S/C8H20N2O2/c1-11-6-3-4-8(10-9)5-7-12-2/h8,10H,3-7,9H2,1-2H3. The molecule has 0 spiro atoms. The van der Waals surface area contributed by atoms with Gasteiger partial charge in [-0.05, 0) is 19.3 Å². The van der Waals surface area contributed by atoms with Crippen LogP contribution < -0.4 is 11.3 Å². The van der Waals surface area contributed by atoms with Crippen molar-refractivity contribution in [2.75, 3.05) is 27.4 Å². The fourth-order valence-corrected chi connectivity index (χ4v) is 1.05. The predicted octanol–water partition coefficient (Wildman–Crippen LogP) is 0.281. The molecule has 0 aliphatic rings. The van der Waals surface area contributed by atoms with Crippen LogP contribution in [0, 0.1) is 0 Å². The van der Waals surface area contributed by atoms with Gasteiger partial charge in [-0.1, -0.05) is 0 Å². The maximum atomic E-state index is 5.35. The molecular formula is C8H20N2O2. The Morgan fingerprint density at radius 2 is 1.83 bits per heavy atom. The summed E-state index contributed by atoms with van der Waals surface area (Å²) in [6, 6.07) is 0.347. The Balaban J connectivity index is 3.26. The van der Waals surface area contributed by atoms with E-state index in [0.717, 1.165) is 32.5 Å². The summed E-state index contributed by atoms with van der Waals surface area (Å²) in [5, 5.41) is 0. The Morgan fingerprint density at radius 3 is 2.33 bits per heavy atom. The third-order valence-electron chi connectivity index (χ3n) is 1.81. The fourth-order valence-electron chi connectivity index (χ4n) is 1.05. The van der Waals surface area contributed by atoms with E-state index in [0.29, 0.717) is 6.04 Å². The summed E-state index contributed by atoms with van der Waals surface area (Å²) < 4.78 is 9.89. The van der Waals surface area contributed by atoms with Gasteiger partial charge in [0, 0.05) is 33.5 Å². The van der Waals surface area contributed by atoms with Crippen molar-refractivity contribution >= 4 is 0 Å². The van der Waals surface area contributed by atoms with Crippen molar-refractivity contribution in [3.8, 4) is 0 Å². The van der Waals surface area contributed by atoms with E-state index in [1.807, 2.05) is 0 Å². The highest BCUT2D eigenvalue weighted by atomic mass is 16.5. The van der Waals surface area contributed by atoms with Crippen molar-refractivity contribution in [1.29, 1.82) is 0 Å². The molecule has 0 heterocycles. The quantitative estimate of drug-likeness (QED) is 0.317. The largest absolute Gasteiger partial charge is 0.385 e. The average Bonchev–Trinajstić information content (AvgIpc) is 2.11. The first-order valence-electron chi connectivity index (χ1n) is 4.29. The first-order valence-corrected chi connectivity index (χ1v) is 4.29. The second-order valence-corrected chi connectivity index (χ2v) is 2.78. The minimum Gasteiger partial charge on any atom is -0.385 e. The van der Waals surface area contributed by atoms with E-state index < -0.39 is 0 Å². The van der Waals surface area contributed by atoms with Crippen LogP contribution in [0.1, 0.15) is 19.3 Å². The van der Waals surface area contributed by atoms with Gasteiger partial charge in [-0.25, -0.2) is 0 Å². The van der Waals surface area contributed by atoms with E-state index in [1.165, 1.54) is 0 Å². The molecule has 1 unspecified atom stereocenters. The maximum Gasteiger partial charge on any atom is 0.0477 e. The van der Waals surface area contributed by atoms with E-state index in [2.05, 4.69) is 5.43 Å². The number of hydrogen-bond acceptors (Lipinski definition) is 4. The summed E-state index contributed by atoms with van der Waals surface area (Å²) in [6.07, 6.45) is 3.03. The highest BCUT2D eigenvalue weighted by Crippen LogP contribution is 2.00. The molecule has 4 nitrogen and oxygen atoms in total. The number of hydrazine groups is 1. The summed E-state index contributed by atoms with van der Waals surface area (Å²) in [5.74, 6) is 5.35. The van der Waals surface area contributed by atoms with E-state index in [-0.39, 0.29) is 0 Å². The van der Waals surface area contributed by atoms with Crippen LogP contribution in [-0.2, 0) is 9.47 Å². The minimum atomic E-state index is 0.347. The van der Waals surface area contributed by atoms with Crippen molar-refractivity contribution < 1.29 is 9.47 Å². The van der Waals surface area contributed by atoms with E-state index in [4.69, 9.17) is 15.3 Å². The summed E-state index contributed by atoms with van der Waals surface area (Å²) in [5.41, 5.74) is 2.76. The molecule has 0 saturated heterocycles. The number of rotatable bonds is 8. The molecule has 0 aromatic carbocycles.